The fourth-order valence-corrected chi connectivity index (χ4v) is 10.5. The molecule has 3 heterocycles. The van der Waals surface area contributed by atoms with Crippen LogP contribution in [0.4, 0.5) is 34.1 Å². The highest BCUT2D eigenvalue weighted by Crippen LogP contribution is 2.52. The summed E-state index contributed by atoms with van der Waals surface area (Å²) in [5.74, 6) is 0. The number of benzene rings is 5. The molecule has 6 aromatic rings. The van der Waals surface area contributed by atoms with E-state index in [-0.39, 0.29) is 28.4 Å². The molecule has 52 heavy (non-hydrogen) atoms. The van der Waals surface area contributed by atoms with Gasteiger partial charge in [-0.3, -0.25) is 0 Å². The summed E-state index contributed by atoms with van der Waals surface area (Å²) < 4.78 is 2.85. The molecule has 4 heteroatoms. The van der Waals surface area contributed by atoms with Gasteiger partial charge in [0.2, 0.25) is 0 Å². The van der Waals surface area contributed by atoms with Crippen LogP contribution >= 0.6 is 11.3 Å². The van der Waals surface area contributed by atoms with E-state index in [1.807, 2.05) is 11.3 Å². The number of para-hydroxylation sites is 1. The highest BCUT2D eigenvalue weighted by atomic mass is 32.1. The van der Waals surface area contributed by atoms with E-state index in [1.54, 1.807) is 0 Å². The van der Waals surface area contributed by atoms with Gasteiger partial charge in [0.1, 0.15) is 0 Å². The van der Waals surface area contributed by atoms with E-state index >= 15 is 0 Å². The van der Waals surface area contributed by atoms with Crippen LogP contribution in [0.1, 0.15) is 104 Å². The zero-order valence-electron chi connectivity index (χ0n) is 32.6. The molecule has 1 aliphatic carbocycles. The van der Waals surface area contributed by atoms with E-state index in [0.717, 1.165) is 0 Å². The largest absolute Gasteiger partial charge is 0.311 e. The molecule has 0 saturated carbocycles. The quantitative estimate of drug-likeness (QED) is 0.166. The smallest absolute Gasteiger partial charge is 0.264 e. The van der Waals surface area contributed by atoms with Gasteiger partial charge in [-0.1, -0.05) is 118 Å². The van der Waals surface area contributed by atoms with Crippen LogP contribution in [0.5, 0.6) is 0 Å². The summed E-state index contributed by atoms with van der Waals surface area (Å²) in [6, 6.07) is 40.0. The minimum atomic E-state index is 0.0852. The maximum atomic E-state index is 2.61. The second kappa shape index (κ2) is 11.1. The van der Waals surface area contributed by atoms with Gasteiger partial charge >= 0.3 is 0 Å². The summed E-state index contributed by atoms with van der Waals surface area (Å²) in [5, 5.41) is 1.39. The van der Waals surface area contributed by atoms with Crippen molar-refractivity contribution in [3.63, 3.8) is 0 Å². The van der Waals surface area contributed by atoms with Crippen molar-refractivity contribution < 1.29 is 0 Å². The third-order valence-corrected chi connectivity index (χ3v) is 13.7. The van der Waals surface area contributed by atoms with E-state index in [4.69, 9.17) is 0 Å². The van der Waals surface area contributed by atoms with Crippen molar-refractivity contribution in [3.8, 4) is 0 Å². The Morgan fingerprint density at radius 3 is 1.65 bits per heavy atom. The molecular weight excluding hydrogens is 647 g/mol. The van der Waals surface area contributed by atoms with Crippen molar-refractivity contribution in [1.29, 1.82) is 0 Å². The van der Waals surface area contributed by atoms with Crippen molar-refractivity contribution >= 4 is 78.0 Å². The van der Waals surface area contributed by atoms with Crippen molar-refractivity contribution in [2.75, 3.05) is 9.80 Å². The first kappa shape index (κ1) is 33.6. The number of rotatable bonds is 2. The maximum absolute atomic E-state index is 2.61. The van der Waals surface area contributed by atoms with Crippen molar-refractivity contribution in [1.82, 2.24) is 0 Å². The highest BCUT2D eigenvalue weighted by Gasteiger charge is 2.46. The Balaban J connectivity index is 1.34. The number of fused-ring (bicyclic) bond motifs is 7. The summed E-state index contributed by atoms with van der Waals surface area (Å²) >= 11 is 2.02. The van der Waals surface area contributed by atoms with Gasteiger partial charge in [-0.2, -0.15) is 0 Å². The second-order valence-corrected chi connectivity index (χ2v) is 20.0. The maximum Gasteiger partial charge on any atom is 0.264 e. The first-order valence-corrected chi connectivity index (χ1v) is 20.0. The molecule has 3 aliphatic rings. The van der Waals surface area contributed by atoms with Crippen LogP contribution in [0.3, 0.4) is 0 Å². The number of anilines is 6. The van der Waals surface area contributed by atoms with Crippen LogP contribution in [0, 0.1) is 0 Å². The van der Waals surface area contributed by atoms with Crippen molar-refractivity contribution in [2.24, 2.45) is 0 Å². The van der Waals surface area contributed by atoms with Gasteiger partial charge < -0.3 is 9.80 Å². The Morgan fingerprint density at radius 1 is 0.577 bits per heavy atom. The zero-order chi connectivity index (χ0) is 36.5. The van der Waals surface area contributed by atoms with Crippen LogP contribution in [-0.4, -0.2) is 6.71 Å². The summed E-state index contributed by atoms with van der Waals surface area (Å²) in [6.45, 7) is 23.7. The molecule has 1 aromatic heterocycles. The molecule has 2 nitrogen and oxygen atoms in total. The molecule has 262 valence electrons. The Kier molecular flexibility index (Phi) is 7.18. The van der Waals surface area contributed by atoms with Gasteiger partial charge in [-0.05, 0) is 122 Å². The number of nitrogens with zero attached hydrogens (tertiary/aromatic N) is 2. The third-order valence-electron chi connectivity index (χ3n) is 12.4. The van der Waals surface area contributed by atoms with Crippen LogP contribution in [0.2, 0.25) is 0 Å². The third kappa shape index (κ3) is 4.97. The molecule has 9 rings (SSSR count). The molecule has 0 fully saturated rings. The van der Waals surface area contributed by atoms with E-state index < -0.39 is 0 Å². The molecule has 0 amide bonds. The Morgan fingerprint density at radius 2 is 1.08 bits per heavy atom. The molecule has 0 unspecified atom stereocenters. The van der Waals surface area contributed by atoms with E-state index in [0.29, 0.717) is 0 Å². The van der Waals surface area contributed by atoms with Gasteiger partial charge in [0.15, 0.2) is 0 Å². The predicted octanol–water partition coefficient (Wildman–Crippen LogP) is 11.9. The first-order valence-electron chi connectivity index (χ1n) is 19.2. The molecule has 2 aliphatic heterocycles. The van der Waals surface area contributed by atoms with Gasteiger partial charge in [-0.15, -0.1) is 11.3 Å². The van der Waals surface area contributed by atoms with Gasteiger partial charge in [0.05, 0.1) is 5.69 Å². The summed E-state index contributed by atoms with van der Waals surface area (Å²) in [4.78, 5) is 5.12. The fraction of sp³-hybridized carbons (Fsp3) is 0.333. The number of thiophene rings is 1. The molecule has 0 saturated heterocycles. The molecule has 0 N–H and O–H groups in total. The summed E-state index contributed by atoms with van der Waals surface area (Å²) in [6.07, 6.45) is 2.42. The van der Waals surface area contributed by atoms with E-state index in [2.05, 4.69) is 182 Å². The predicted molar refractivity (Wildman–Crippen MR) is 229 cm³/mol. The first-order chi connectivity index (χ1) is 24.5. The molecule has 5 aromatic carbocycles. The lowest BCUT2D eigenvalue weighted by Crippen LogP contribution is -2.60. The van der Waals surface area contributed by atoms with Crippen molar-refractivity contribution in [2.45, 2.75) is 104 Å². The van der Waals surface area contributed by atoms with Crippen LogP contribution in [-0.2, 0) is 21.7 Å². The fourth-order valence-electron chi connectivity index (χ4n) is 9.20. The molecular formula is C48H51BN2S. The minimum absolute atomic E-state index is 0.0852. The van der Waals surface area contributed by atoms with Crippen molar-refractivity contribution in [3.05, 3.63) is 125 Å². The molecule has 0 radical (unpaired) electrons. The van der Waals surface area contributed by atoms with E-state index in [9.17, 15) is 0 Å². The summed E-state index contributed by atoms with van der Waals surface area (Å²) in [7, 11) is 0. The normalized spacial score (nSPS) is 17.1. The van der Waals surface area contributed by atoms with Gasteiger partial charge in [0, 0.05) is 43.3 Å². The topological polar surface area (TPSA) is 6.48 Å². The zero-order valence-corrected chi connectivity index (χ0v) is 33.4. The van der Waals surface area contributed by atoms with Crippen LogP contribution < -0.4 is 25.5 Å². The Labute approximate surface area is 315 Å². The molecule has 0 bridgehead atoms. The second-order valence-electron chi connectivity index (χ2n) is 18.9. The van der Waals surface area contributed by atoms with Gasteiger partial charge in [-0.25, -0.2) is 0 Å². The number of hydrogen-bond acceptors (Lipinski definition) is 3. The number of hydrogen-bond donors (Lipinski definition) is 0. The SMILES string of the molecule is CC(C)(C)c1ccc(N2c3ccccc3B3c4sc5cc6c(cc5c4N(c4ccc(C(C)(C)C)cc4)c4cccc2c43)C(C)(C)CCC6(C)C)cc1. The lowest BCUT2D eigenvalue weighted by atomic mass is 9.36. The van der Waals surface area contributed by atoms with Gasteiger partial charge in [0.25, 0.3) is 6.71 Å². The average molecular weight is 699 g/mol. The minimum Gasteiger partial charge on any atom is -0.311 e. The monoisotopic (exact) mass is 698 g/mol. The Hall–Kier alpha value is -4.28. The van der Waals surface area contributed by atoms with Crippen LogP contribution in [0.25, 0.3) is 10.1 Å². The lowest BCUT2D eigenvalue weighted by molar-refractivity contribution is 0.332. The lowest BCUT2D eigenvalue weighted by Gasteiger charge is -2.43. The standard InChI is InChI=1S/C48H51BN2S/c1-45(2,3)30-18-22-32(23-19-30)50-38-15-12-11-14-37(38)49-42-39(50)16-13-17-40(42)51(33-24-20-31(21-25-33)46(4,5)6)43-34-28-35-36(29-41(34)52-44(43)49)48(9,10)27-26-47(35,7)8/h11-25,28-29H,26-27H2,1-10H3. The average Bonchev–Trinajstić information content (AvgIpc) is 3.47. The summed E-state index contributed by atoms with van der Waals surface area (Å²) in [5.41, 5.74) is 16.6. The Bertz CT molecular complexity index is 2380. The molecule has 0 spiro atoms. The molecule has 0 atom stereocenters. The van der Waals surface area contributed by atoms with Crippen LogP contribution in [0.15, 0.2) is 103 Å². The highest BCUT2D eigenvalue weighted by molar-refractivity contribution is 7.33. The van der Waals surface area contributed by atoms with E-state index in [1.165, 1.54) is 95.0 Å².